The topological polar surface area (TPSA) is 125 Å². The van der Waals surface area contributed by atoms with Gasteiger partial charge in [0.2, 0.25) is 16.0 Å². The third-order valence-electron chi connectivity index (χ3n) is 6.04. The maximum atomic E-state index is 12.7. The first-order valence-corrected chi connectivity index (χ1v) is 12.7. The molecule has 12 heteroatoms. The minimum atomic E-state index is -3.69. The molecule has 2 aromatic rings. The number of hydrogen-bond acceptors (Lipinski definition) is 9. The SMILES string of the molecule is O=[N+]([O-])c1cc(S(=O)(=O)N2CCCC2)ccc1NCCCN1CCN(c2ncccn2)CC1. The van der Waals surface area contributed by atoms with Gasteiger partial charge in [0.05, 0.1) is 9.82 Å². The van der Waals surface area contributed by atoms with Crippen LogP contribution in [0.15, 0.2) is 41.6 Å². The second-order valence-corrected chi connectivity index (χ2v) is 10.1. The van der Waals surface area contributed by atoms with Gasteiger partial charge in [0.25, 0.3) is 5.69 Å². The Hall–Kier alpha value is -2.83. The summed E-state index contributed by atoms with van der Waals surface area (Å²) in [5.41, 5.74) is 0.123. The predicted molar refractivity (Wildman–Crippen MR) is 125 cm³/mol. The van der Waals surface area contributed by atoms with E-state index in [1.165, 1.54) is 22.5 Å². The van der Waals surface area contributed by atoms with Crippen LogP contribution < -0.4 is 10.2 Å². The molecule has 0 radical (unpaired) electrons. The van der Waals surface area contributed by atoms with Gasteiger partial charge in [0, 0.05) is 64.3 Å². The highest BCUT2D eigenvalue weighted by Gasteiger charge is 2.29. The summed E-state index contributed by atoms with van der Waals surface area (Å²) in [6.07, 6.45) is 5.93. The first kappa shape index (κ1) is 23.3. The van der Waals surface area contributed by atoms with Crippen molar-refractivity contribution in [2.45, 2.75) is 24.2 Å². The van der Waals surface area contributed by atoms with Crippen molar-refractivity contribution in [3.8, 4) is 0 Å². The van der Waals surface area contributed by atoms with Crippen LogP contribution >= 0.6 is 0 Å². The number of sulfonamides is 1. The molecule has 33 heavy (non-hydrogen) atoms. The highest BCUT2D eigenvalue weighted by Crippen LogP contribution is 2.30. The maximum Gasteiger partial charge on any atom is 0.293 e. The molecule has 0 spiro atoms. The van der Waals surface area contributed by atoms with Gasteiger partial charge in [-0.3, -0.25) is 15.0 Å². The monoisotopic (exact) mass is 475 g/mol. The fourth-order valence-electron chi connectivity index (χ4n) is 4.20. The fraction of sp³-hybridized carbons (Fsp3) is 0.524. The number of anilines is 2. The Morgan fingerprint density at radius 1 is 1.03 bits per heavy atom. The molecule has 2 aliphatic rings. The van der Waals surface area contributed by atoms with Crippen LogP contribution in [-0.4, -0.2) is 84.9 Å². The van der Waals surface area contributed by atoms with Gasteiger partial charge in [-0.05, 0) is 44.0 Å². The van der Waals surface area contributed by atoms with E-state index in [0.717, 1.165) is 57.9 Å². The number of nitro benzene ring substituents is 1. The molecule has 2 saturated heterocycles. The van der Waals surface area contributed by atoms with Gasteiger partial charge in [0.15, 0.2) is 0 Å². The van der Waals surface area contributed by atoms with E-state index in [4.69, 9.17) is 0 Å². The Morgan fingerprint density at radius 3 is 2.39 bits per heavy atom. The molecule has 0 saturated carbocycles. The lowest BCUT2D eigenvalue weighted by atomic mass is 10.2. The molecule has 4 rings (SSSR count). The van der Waals surface area contributed by atoms with Crippen molar-refractivity contribution in [2.75, 3.05) is 62.6 Å². The van der Waals surface area contributed by atoms with Crippen LogP contribution in [0.1, 0.15) is 19.3 Å². The molecule has 2 aliphatic heterocycles. The number of nitrogens with zero attached hydrogens (tertiary/aromatic N) is 6. The molecule has 11 nitrogen and oxygen atoms in total. The molecule has 2 fully saturated rings. The Morgan fingerprint density at radius 2 is 1.73 bits per heavy atom. The third-order valence-corrected chi connectivity index (χ3v) is 7.94. The second kappa shape index (κ2) is 10.4. The predicted octanol–water partition coefficient (Wildman–Crippen LogP) is 1.79. The molecule has 1 N–H and O–H groups in total. The molecule has 1 aromatic heterocycles. The molecule has 1 aromatic carbocycles. The Kier molecular flexibility index (Phi) is 7.36. The zero-order valence-electron chi connectivity index (χ0n) is 18.5. The van der Waals surface area contributed by atoms with Crippen LogP contribution in [0.3, 0.4) is 0 Å². The van der Waals surface area contributed by atoms with Gasteiger partial charge in [-0.2, -0.15) is 4.31 Å². The molecular weight excluding hydrogens is 446 g/mol. The summed E-state index contributed by atoms with van der Waals surface area (Å²) in [7, 11) is -3.69. The largest absolute Gasteiger partial charge is 0.379 e. The van der Waals surface area contributed by atoms with Crippen molar-refractivity contribution in [2.24, 2.45) is 0 Å². The van der Waals surface area contributed by atoms with Crippen LogP contribution in [0, 0.1) is 10.1 Å². The Bertz CT molecular complexity index is 1050. The number of benzene rings is 1. The lowest BCUT2D eigenvalue weighted by molar-refractivity contribution is -0.384. The highest BCUT2D eigenvalue weighted by molar-refractivity contribution is 7.89. The molecule has 0 amide bonds. The lowest BCUT2D eigenvalue weighted by Gasteiger charge is -2.34. The van der Waals surface area contributed by atoms with E-state index in [9.17, 15) is 18.5 Å². The van der Waals surface area contributed by atoms with Crippen molar-refractivity contribution >= 4 is 27.3 Å². The normalized spacial score (nSPS) is 17.9. The standard InChI is InChI=1S/C21H29N7O4S/c29-28(30)20-17-18(33(31,32)27-11-1-2-12-27)5-6-19(20)22-9-4-10-25-13-15-26(16-14-25)21-23-7-3-8-24-21/h3,5-8,17,22H,1-2,4,9-16H2. The summed E-state index contributed by atoms with van der Waals surface area (Å²) in [5.74, 6) is 0.751. The summed E-state index contributed by atoms with van der Waals surface area (Å²) < 4.78 is 26.9. The number of hydrogen-bond donors (Lipinski definition) is 1. The van der Waals surface area contributed by atoms with Gasteiger partial charge in [-0.15, -0.1) is 0 Å². The molecule has 0 atom stereocenters. The van der Waals surface area contributed by atoms with E-state index in [1.807, 2.05) is 0 Å². The number of aromatic nitrogens is 2. The highest BCUT2D eigenvalue weighted by atomic mass is 32.2. The second-order valence-electron chi connectivity index (χ2n) is 8.21. The summed E-state index contributed by atoms with van der Waals surface area (Å²) in [4.78, 5) is 24.1. The van der Waals surface area contributed by atoms with E-state index in [1.54, 1.807) is 18.5 Å². The van der Waals surface area contributed by atoms with Gasteiger partial charge in [-0.25, -0.2) is 18.4 Å². The summed E-state index contributed by atoms with van der Waals surface area (Å²) in [6, 6.07) is 5.92. The van der Waals surface area contributed by atoms with Gasteiger partial charge < -0.3 is 10.2 Å². The Labute approximate surface area is 193 Å². The van der Waals surface area contributed by atoms with E-state index < -0.39 is 14.9 Å². The van der Waals surface area contributed by atoms with E-state index in [0.29, 0.717) is 25.3 Å². The lowest BCUT2D eigenvalue weighted by Crippen LogP contribution is -2.47. The Balaban J connectivity index is 1.28. The van der Waals surface area contributed by atoms with Crippen LogP contribution in [0.25, 0.3) is 0 Å². The van der Waals surface area contributed by atoms with Crippen molar-refractivity contribution in [1.82, 2.24) is 19.2 Å². The first-order chi connectivity index (χ1) is 15.9. The quantitative estimate of drug-likeness (QED) is 0.328. The van der Waals surface area contributed by atoms with E-state index >= 15 is 0 Å². The summed E-state index contributed by atoms with van der Waals surface area (Å²) in [6.45, 7) is 5.87. The van der Waals surface area contributed by atoms with Crippen molar-refractivity contribution < 1.29 is 13.3 Å². The minimum Gasteiger partial charge on any atom is -0.379 e. The number of piperazine rings is 1. The van der Waals surface area contributed by atoms with Gasteiger partial charge in [0.1, 0.15) is 5.69 Å². The van der Waals surface area contributed by atoms with E-state index in [-0.39, 0.29) is 10.6 Å². The van der Waals surface area contributed by atoms with Crippen LogP contribution in [0.5, 0.6) is 0 Å². The van der Waals surface area contributed by atoms with Crippen molar-refractivity contribution in [3.63, 3.8) is 0 Å². The molecule has 3 heterocycles. The molecule has 0 unspecified atom stereocenters. The molecule has 0 bridgehead atoms. The zero-order valence-corrected chi connectivity index (χ0v) is 19.3. The third kappa shape index (κ3) is 5.57. The minimum absolute atomic E-state index is 0.0260. The first-order valence-electron chi connectivity index (χ1n) is 11.2. The number of nitro groups is 1. The van der Waals surface area contributed by atoms with Crippen LogP contribution in [-0.2, 0) is 10.0 Å². The molecule has 178 valence electrons. The smallest absolute Gasteiger partial charge is 0.293 e. The summed E-state index contributed by atoms with van der Waals surface area (Å²) in [5, 5.41) is 14.7. The van der Waals surface area contributed by atoms with E-state index in [2.05, 4.69) is 25.1 Å². The maximum absolute atomic E-state index is 12.7. The van der Waals surface area contributed by atoms with Crippen molar-refractivity contribution in [3.05, 3.63) is 46.8 Å². The molecular formula is C21H29N7O4S. The molecule has 0 aliphatic carbocycles. The number of rotatable bonds is 9. The van der Waals surface area contributed by atoms with Crippen LogP contribution in [0.4, 0.5) is 17.3 Å². The zero-order chi connectivity index (χ0) is 23.3. The average Bonchev–Trinajstić information content (AvgIpc) is 3.39. The fourth-order valence-corrected chi connectivity index (χ4v) is 5.74. The number of nitrogens with one attached hydrogen (secondary N) is 1. The average molecular weight is 476 g/mol. The summed E-state index contributed by atoms with van der Waals surface area (Å²) >= 11 is 0. The van der Waals surface area contributed by atoms with Gasteiger partial charge >= 0.3 is 0 Å². The van der Waals surface area contributed by atoms with Gasteiger partial charge in [-0.1, -0.05) is 0 Å². The van der Waals surface area contributed by atoms with Crippen LogP contribution in [0.2, 0.25) is 0 Å². The van der Waals surface area contributed by atoms with Crippen molar-refractivity contribution in [1.29, 1.82) is 0 Å².